The molecule has 0 aliphatic heterocycles. The van der Waals surface area contributed by atoms with Crippen molar-refractivity contribution < 1.29 is 9.53 Å². The maximum absolute atomic E-state index is 12.0. The summed E-state index contributed by atoms with van der Waals surface area (Å²) in [7, 11) is 1.53. The zero-order chi connectivity index (χ0) is 12.1. The summed E-state index contributed by atoms with van der Waals surface area (Å²) in [6.07, 6.45) is 5.22. The lowest BCUT2D eigenvalue weighted by molar-refractivity contribution is 0.0985. The number of Topliss-reactive ketones (excluding diaryl/α,β-unsaturated/α-hetero) is 1. The smallest absolute Gasteiger partial charge is 0.189 e. The van der Waals surface area contributed by atoms with E-state index in [0.717, 1.165) is 5.56 Å². The Bertz CT molecular complexity index is 512. The number of carbonyl (C=O) groups is 1. The number of methoxy groups -OCH3 is 1. The van der Waals surface area contributed by atoms with Gasteiger partial charge in [0.05, 0.1) is 7.11 Å². The molecule has 0 unspecified atom stereocenters. The van der Waals surface area contributed by atoms with Gasteiger partial charge >= 0.3 is 0 Å². The van der Waals surface area contributed by atoms with Crippen LogP contribution in [0.4, 0.5) is 0 Å². The molecular weight excluding hydrogens is 216 g/mol. The van der Waals surface area contributed by atoms with Gasteiger partial charge in [-0.25, -0.2) is 4.98 Å². The molecule has 2 heterocycles. The number of hydrogen-bond donors (Lipinski definition) is 0. The Morgan fingerprint density at radius 3 is 2.71 bits per heavy atom. The summed E-state index contributed by atoms with van der Waals surface area (Å²) in [4.78, 5) is 20.0. The standard InChI is InChI=1S/C13H12N2O2/c1-17-12-3-2-6-15-13(12)11(16)9-10-4-7-14-8-5-10/h2-8H,9H2,1H3. The van der Waals surface area contributed by atoms with Gasteiger partial charge in [0, 0.05) is 25.0 Å². The van der Waals surface area contributed by atoms with E-state index in [1.165, 1.54) is 7.11 Å². The lowest BCUT2D eigenvalue weighted by Gasteiger charge is -2.05. The van der Waals surface area contributed by atoms with E-state index in [2.05, 4.69) is 9.97 Å². The van der Waals surface area contributed by atoms with E-state index in [1.807, 2.05) is 12.1 Å². The Kier molecular flexibility index (Phi) is 3.45. The molecular formula is C13H12N2O2. The zero-order valence-corrected chi connectivity index (χ0v) is 9.46. The highest BCUT2D eigenvalue weighted by atomic mass is 16.5. The molecule has 0 radical (unpaired) electrons. The van der Waals surface area contributed by atoms with Crippen molar-refractivity contribution in [2.24, 2.45) is 0 Å². The van der Waals surface area contributed by atoms with Crippen LogP contribution in [0.3, 0.4) is 0 Å². The monoisotopic (exact) mass is 228 g/mol. The molecule has 0 aromatic carbocycles. The van der Waals surface area contributed by atoms with Gasteiger partial charge in [0.15, 0.2) is 5.78 Å². The quantitative estimate of drug-likeness (QED) is 0.750. The first-order valence-electron chi connectivity index (χ1n) is 5.22. The number of hydrogen-bond acceptors (Lipinski definition) is 4. The second kappa shape index (κ2) is 5.21. The molecule has 0 aliphatic rings. The Morgan fingerprint density at radius 1 is 1.24 bits per heavy atom. The van der Waals surface area contributed by atoms with Crippen molar-refractivity contribution in [2.75, 3.05) is 7.11 Å². The normalized spacial score (nSPS) is 9.94. The predicted molar refractivity (Wildman–Crippen MR) is 63.1 cm³/mol. The molecule has 2 aromatic heterocycles. The Labute approximate surface area is 99.3 Å². The number of nitrogens with zero attached hydrogens (tertiary/aromatic N) is 2. The van der Waals surface area contributed by atoms with Crippen LogP contribution in [-0.4, -0.2) is 22.9 Å². The van der Waals surface area contributed by atoms with Crippen molar-refractivity contribution in [3.05, 3.63) is 54.1 Å². The van der Waals surface area contributed by atoms with Crippen molar-refractivity contribution in [3.63, 3.8) is 0 Å². The molecule has 0 N–H and O–H groups in total. The van der Waals surface area contributed by atoms with E-state index in [-0.39, 0.29) is 5.78 Å². The van der Waals surface area contributed by atoms with Crippen molar-refractivity contribution in [1.29, 1.82) is 0 Å². The van der Waals surface area contributed by atoms with E-state index in [0.29, 0.717) is 17.9 Å². The van der Waals surface area contributed by atoms with Crippen molar-refractivity contribution in [1.82, 2.24) is 9.97 Å². The summed E-state index contributed by atoms with van der Waals surface area (Å²) < 4.78 is 5.11. The summed E-state index contributed by atoms with van der Waals surface area (Å²) in [5, 5.41) is 0. The van der Waals surface area contributed by atoms with Gasteiger partial charge in [-0.3, -0.25) is 9.78 Å². The van der Waals surface area contributed by atoms with Crippen LogP contribution in [0.25, 0.3) is 0 Å². The van der Waals surface area contributed by atoms with Gasteiger partial charge in [-0.15, -0.1) is 0 Å². The molecule has 17 heavy (non-hydrogen) atoms. The minimum Gasteiger partial charge on any atom is -0.494 e. The number of carbonyl (C=O) groups excluding carboxylic acids is 1. The highest BCUT2D eigenvalue weighted by molar-refractivity contribution is 5.98. The Balaban J connectivity index is 2.20. The SMILES string of the molecule is COc1cccnc1C(=O)Cc1ccncc1. The Hall–Kier alpha value is -2.23. The lowest BCUT2D eigenvalue weighted by Crippen LogP contribution is -2.08. The van der Waals surface area contributed by atoms with Crippen LogP contribution in [0.5, 0.6) is 5.75 Å². The third kappa shape index (κ3) is 2.66. The van der Waals surface area contributed by atoms with Crippen molar-refractivity contribution >= 4 is 5.78 Å². The average Bonchev–Trinajstić information content (AvgIpc) is 2.40. The van der Waals surface area contributed by atoms with Crippen LogP contribution in [0.2, 0.25) is 0 Å². The molecule has 4 heteroatoms. The number of aromatic nitrogens is 2. The molecule has 0 aliphatic carbocycles. The minimum absolute atomic E-state index is 0.0614. The minimum atomic E-state index is -0.0614. The topological polar surface area (TPSA) is 52.1 Å². The lowest BCUT2D eigenvalue weighted by atomic mass is 10.1. The first-order valence-corrected chi connectivity index (χ1v) is 5.22. The first kappa shape index (κ1) is 11.3. The summed E-state index contributed by atoms with van der Waals surface area (Å²) in [6.45, 7) is 0. The van der Waals surface area contributed by atoms with Gasteiger partial charge in [0.1, 0.15) is 11.4 Å². The molecule has 86 valence electrons. The number of pyridine rings is 2. The van der Waals surface area contributed by atoms with Crippen molar-refractivity contribution in [3.8, 4) is 5.75 Å². The van der Waals surface area contributed by atoms with Crippen molar-refractivity contribution in [2.45, 2.75) is 6.42 Å². The van der Waals surface area contributed by atoms with Crippen LogP contribution < -0.4 is 4.74 Å². The first-order chi connectivity index (χ1) is 8.31. The highest BCUT2D eigenvalue weighted by Crippen LogP contribution is 2.16. The third-order valence-electron chi connectivity index (χ3n) is 2.37. The summed E-state index contributed by atoms with van der Waals surface area (Å²) in [5.41, 5.74) is 1.28. The fraction of sp³-hybridized carbons (Fsp3) is 0.154. The second-order valence-corrected chi connectivity index (χ2v) is 3.51. The van der Waals surface area contributed by atoms with Crippen LogP contribution in [0.15, 0.2) is 42.9 Å². The fourth-order valence-corrected chi connectivity index (χ4v) is 1.53. The van der Waals surface area contributed by atoms with Gasteiger partial charge in [0.2, 0.25) is 0 Å². The molecule has 0 saturated carbocycles. The third-order valence-corrected chi connectivity index (χ3v) is 2.37. The van der Waals surface area contributed by atoms with Crippen LogP contribution in [0, 0.1) is 0 Å². The molecule has 0 spiro atoms. The number of rotatable bonds is 4. The van der Waals surface area contributed by atoms with Crippen LogP contribution >= 0.6 is 0 Å². The molecule has 0 saturated heterocycles. The zero-order valence-electron chi connectivity index (χ0n) is 9.46. The summed E-state index contributed by atoms with van der Waals surface area (Å²) in [6, 6.07) is 7.09. The number of ether oxygens (including phenoxy) is 1. The molecule has 0 atom stereocenters. The van der Waals surface area contributed by atoms with E-state index >= 15 is 0 Å². The highest BCUT2D eigenvalue weighted by Gasteiger charge is 2.13. The molecule has 0 amide bonds. The molecule has 4 nitrogen and oxygen atoms in total. The van der Waals surface area contributed by atoms with Gasteiger partial charge in [0.25, 0.3) is 0 Å². The van der Waals surface area contributed by atoms with Gasteiger partial charge < -0.3 is 4.74 Å². The summed E-state index contributed by atoms with van der Waals surface area (Å²) >= 11 is 0. The maximum Gasteiger partial charge on any atom is 0.189 e. The van der Waals surface area contributed by atoms with Gasteiger partial charge in [-0.05, 0) is 29.8 Å². The van der Waals surface area contributed by atoms with Gasteiger partial charge in [-0.1, -0.05) is 0 Å². The predicted octanol–water partition coefficient (Wildman–Crippen LogP) is 1.91. The Morgan fingerprint density at radius 2 is 2.00 bits per heavy atom. The second-order valence-electron chi connectivity index (χ2n) is 3.51. The summed E-state index contributed by atoms with van der Waals surface area (Å²) in [5.74, 6) is 0.445. The molecule has 2 aromatic rings. The van der Waals surface area contributed by atoms with Gasteiger partial charge in [-0.2, -0.15) is 0 Å². The van der Waals surface area contributed by atoms with Crippen LogP contribution in [0.1, 0.15) is 16.1 Å². The van der Waals surface area contributed by atoms with Crippen LogP contribution in [-0.2, 0) is 6.42 Å². The van der Waals surface area contributed by atoms with E-state index in [9.17, 15) is 4.79 Å². The maximum atomic E-state index is 12.0. The largest absolute Gasteiger partial charge is 0.494 e. The molecule has 0 fully saturated rings. The van der Waals surface area contributed by atoms with E-state index in [1.54, 1.807) is 30.7 Å². The molecule has 0 bridgehead atoms. The average molecular weight is 228 g/mol. The molecule has 2 rings (SSSR count). The fourth-order valence-electron chi connectivity index (χ4n) is 1.53. The van der Waals surface area contributed by atoms with E-state index in [4.69, 9.17) is 4.74 Å². The van der Waals surface area contributed by atoms with E-state index < -0.39 is 0 Å². The number of ketones is 1.